The van der Waals surface area contributed by atoms with Gasteiger partial charge in [-0.1, -0.05) is 6.07 Å². The molecule has 0 saturated heterocycles. The van der Waals surface area contributed by atoms with Crippen molar-refractivity contribution in [2.75, 3.05) is 0 Å². The largest absolute Gasteiger partial charge is 0.273 e. The summed E-state index contributed by atoms with van der Waals surface area (Å²) in [6.07, 6.45) is 5.22. The Balaban J connectivity index is 1.95. The Bertz CT molecular complexity index is 852. The highest BCUT2D eigenvalue weighted by atomic mass is 19.3. The third-order valence-electron chi connectivity index (χ3n) is 3.75. The lowest BCUT2D eigenvalue weighted by Gasteiger charge is -2.14. The van der Waals surface area contributed by atoms with Crippen LogP contribution < -0.4 is 0 Å². The van der Waals surface area contributed by atoms with Gasteiger partial charge in [0.15, 0.2) is 0 Å². The summed E-state index contributed by atoms with van der Waals surface area (Å²) in [5.74, 6) is -4.16. The van der Waals surface area contributed by atoms with Crippen LogP contribution in [-0.2, 0) is 12.5 Å². The summed E-state index contributed by atoms with van der Waals surface area (Å²) in [5, 5.41) is 4.13. The predicted octanol–water partition coefficient (Wildman–Crippen LogP) is 4.55. The van der Waals surface area contributed by atoms with E-state index in [-0.39, 0.29) is 0 Å². The quantitative estimate of drug-likeness (QED) is 0.702. The molecule has 0 fully saturated rings. The molecule has 0 aliphatic heterocycles. The van der Waals surface area contributed by atoms with Crippen molar-refractivity contribution in [3.05, 3.63) is 71.4 Å². The zero-order valence-corrected chi connectivity index (χ0v) is 13.3. The predicted molar refractivity (Wildman–Crippen MR) is 85.3 cm³/mol. The van der Waals surface area contributed by atoms with Gasteiger partial charge in [0.05, 0.1) is 17.8 Å². The van der Waals surface area contributed by atoms with E-state index < -0.39 is 17.3 Å². The number of aryl methyl sites for hydroxylation is 1. The summed E-state index contributed by atoms with van der Waals surface area (Å²) in [5.41, 5.74) is 2.18. The van der Waals surface area contributed by atoms with E-state index >= 15 is 0 Å². The maximum absolute atomic E-state index is 13.6. The molecule has 2 heterocycles. The molecule has 3 rings (SSSR count). The van der Waals surface area contributed by atoms with Crippen molar-refractivity contribution in [2.24, 2.45) is 0 Å². The van der Waals surface area contributed by atoms with E-state index in [1.54, 1.807) is 17.1 Å². The maximum Gasteiger partial charge on any atom is 0.273 e. The van der Waals surface area contributed by atoms with Crippen LogP contribution in [0.2, 0.25) is 0 Å². The summed E-state index contributed by atoms with van der Waals surface area (Å²) in [4.78, 5) is 4.37. The number of benzene rings is 1. The lowest BCUT2D eigenvalue weighted by atomic mass is 10.0. The number of halogens is 3. The third kappa shape index (κ3) is 3.32. The van der Waals surface area contributed by atoms with Crippen molar-refractivity contribution in [1.29, 1.82) is 0 Å². The second kappa shape index (κ2) is 6.11. The Morgan fingerprint density at radius 3 is 2.62 bits per heavy atom. The van der Waals surface area contributed by atoms with Gasteiger partial charge in [0, 0.05) is 31.1 Å². The molecule has 6 heteroatoms. The summed E-state index contributed by atoms with van der Waals surface area (Å²) < 4.78 is 42.4. The Morgan fingerprint density at radius 1 is 1.21 bits per heavy atom. The monoisotopic (exact) mass is 331 g/mol. The third-order valence-corrected chi connectivity index (χ3v) is 3.75. The number of hydrogen-bond donors (Lipinski definition) is 0. The maximum atomic E-state index is 13.6. The SMILES string of the molecule is Cc1cc(Cn2cccn2)cnc1-c1ccc(F)c(C(C)(F)F)c1. The lowest BCUT2D eigenvalue weighted by molar-refractivity contribution is 0.0138. The highest BCUT2D eigenvalue weighted by Crippen LogP contribution is 2.33. The van der Waals surface area contributed by atoms with E-state index in [4.69, 9.17) is 0 Å². The summed E-state index contributed by atoms with van der Waals surface area (Å²) >= 11 is 0. The zero-order valence-electron chi connectivity index (χ0n) is 13.3. The summed E-state index contributed by atoms with van der Waals surface area (Å²) in [6, 6.07) is 7.45. The molecular formula is C18H16F3N3. The second-order valence-corrected chi connectivity index (χ2v) is 5.80. The fourth-order valence-electron chi connectivity index (χ4n) is 2.61. The van der Waals surface area contributed by atoms with Gasteiger partial charge in [-0.25, -0.2) is 13.2 Å². The minimum absolute atomic E-state index is 0.469. The highest BCUT2D eigenvalue weighted by Gasteiger charge is 2.28. The molecule has 124 valence electrons. The Hall–Kier alpha value is -2.63. The average Bonchev–Trinajstić information content (AvgIpc) is 3.00. The lowest BCUT2D eigenvalue weighted by Crippen LogP contribution is -2.10. The number of alkyl halides is 2. The summed E-state index contributed by atoms with van der Waals surface area (Å²) in [6.45, 7) is 3.10. The first-order valence-electron chi connectivity index (χ1n) is 7.46. The van der Waals surface area contributed by atoms with Gasteiger partial charge in [0.2, 0.25) is 0 Å². The number of aromatic nitrogens is 3. The fourth-order valence-corrected chi connectivity index (χ4v) is 2.61. The molecule has 1 aromatic carbocycles. The molecule has 0 bridgehead atoms. The van der Waals surface area contributed by atoms with Crippen LogP contribution in [0.15, 0.2) is 48.9 Å². The van der Waals surface area contributed by atoms with Crippen LogP contribution in [-0.4, -0.2) is 14.8 Å². The second-order valence-electron chi connectivity index (χ2n) is 5.80. The van der Waals surface area contributed by atoms with Gasteiger partial charge in [-0.3, -0.25) is 9.67 Å². The van der Waals surface area contributed by atoms with Crippen molar-refractivity contribution < 1.29 is 13.2 Å². The smallest absolute Gasteiger partial charge is 0.268 e. The van der Waals surface area contributed by atoms with E-state index in [0.717, 1.165) is 23.3 Å². The van der Waals surface area contributed by atoms with Gasteiger partial charge in [-0.15, -0.1) is 0 Å². The molecule has 0 radical (unpaired) electrons. The van der Waals surface area contributed by atoms with E-state index in [1.165, 1.54) is 6.07 Å². The standard InChI is InChI=1S/C18H16F3N3/c1-12-8-13(11-24-7-3-6-23-24)10-22-17(12)14-4-5-16(19)15(9-14)18(2,20)21/h3-10H,11H2,1-2H3. The van der Waals surface area contributed by atoms with E-state index in [9.17, 15) is 13.2 Å². The first kappa shape index (κ1) is 16.2. The molecule has 3 aromatic rings. The number of hydrogen-bond acceptors (Lipinski definition) is 2. The molecule has 3 nitrogen and oxygen atoms in total. The van der Waals surface area contributed by atoms with Gasteiger partial charge in [-0.05, 0) is 42.3 Å². The molecular weight excluding hydrogens is 315 g/mol. The normalized spacial score (nSPS) is 11.7. The molecule has 0 amide bonds. The van der Waals surface area contributed by atoms with Gasteiger partial charge < -0.3 is 0 Å². The highest BCUT2D eigenvalue weighted by molar-refractivity contribution is 5.64. The minimum atomic E-state index is -3.24. The van der Waals surface area contributed by atoms with E-state index in [1.807, 2.05) is 25.3 Å². The van der Waals surface area contributed by atoms with Gasteiger partial charge in [0.25, 0.3) is 5.92 Å². The first-order chi connectivity index (χ1) is 11.3. The van der Waals surface area contributed by atoms with E-state index in [0.29, 0.717) is 24.7 Å². The van der Waals surface area contributed by atoms with Crippen molar-refractivity contribution in [3.63, 3.8) is 0 Å². The van der Waals surface area contributed by atoms with Crippen LogP contribution in [0, 0.1) is 12.7 Å². The van der Waals surface area contributed by atoms with Crippen molar-refractivity contribution in [3.8, 4) is 11.3 Å². The van der Waals surface area contributed by atoms with Crippen molar-refractivity contribution in [1.82, 2.24) is 14.8 Å². The molecule has 0 aliphatic carbocycles. The minimum Gasteiger partial charge on any atom is -0.268 e. The average molecular weight is 331 g/mol. The topological polar surface area (TPSA) is 30.7 Å². The molecule has 0 aliphatic rings. The van der Waals surface area contributed by atoms with Crippen LogP contribution in [0.4, 0.5) is 13.2 Å². The number of pyridine rings is 1. The zero-order chi connectivity index (χ0) is 17.3. The van der Waals surface area contributed by atoms with Crippen molar-refractivity contribution in [2.45, 2.75) is 26.3 Å². The Kier molecular flexibility index (Phi) is 4.13. The van der Waals surface area contributed by atoms with Crippen LogP contribution in [0.3, 0.4) is 0 Å². The van der Waals surface area contributed by atoms with Gasteiger partial charge in [0.1, 0.15) is 5.82 Å². The fraction of sp³-hybridized carbons (Fsp3) is 0.222. The summed E-state index contributed by atoms with van der Waals surface area (Å²) in [7, 11) is 0. The van der Waals surface area contributed by atoms with Crippen LogP contribution in [0.25, 0.3) is 11.3 Å². The number of nitrogens with zero attached hydrogens (tertiary/aromatic N) is 3. The molecule has 0 saturated carbocycles. The van der Waals surface area contributed by atoms with Crippen LogP contribution in [0.5, 0.6) is 0 Å². The van der Waals surface area contributed by atoms with Gasteiger partial charge in [-0.2, -0.15) is 5.10 Å². The molecule has 0 atom stereocenters. The molecule has 0 spiro atoms. The van der Waals surface area contributed by atoms with Crippen LogP contribution in [0.1, 0.15) is 23.6 Å². The van der Waals surface area contributed by atoms with Gasteiger partial charge >= 0.3 is 0 Å². The molecule has 24 heavy (non-hydrogen) atoms. The molecule has 0 unspecified atom stereocenters. The van der Waals surface area contributed by atoms with E-state index in [2.05, 4.69) is 10.1 Å². The Labute approximate surface area is 137 Å². The van der Waals surface area contributed by atoms with Crippen molar-refractivity contribution >= 4 is 0 Å². The molecule has 2 aromatic heterocycles. The molecule has 0 N–H and O–H groups in total. The Morgan fingerprint density at radius 2 is 2.00 bits per heavy atom. The number of rotatable bonds is 4. The van der Waals surface area contributed by atoms with Crippen LogP contribution >= 0.6 is 0 Å². The first-order valence-corrected chi connectivity index (χ1v) is 7.46.